The van der Waals surface area contributed by atoms with E-state index in [9.17, 15) is 19.2 Å². The molecule has 5 amide bonds. The number of nitrogens with one attached hydrogen (secondary N) is 3. The lowest BCUT2D eigenvalue weighted by Crippen LogP contribution is -2.54. The van der Waals surface area contributed by atoms with Gasteiger partial charge in [0.25, 0.3) is 5.91 Å². The first kappa shape index (κ1) is 20.6. The van der Waals surface area contributed by atoms with Crippen molar-refractivity contribution in [2.75, 3.05) is 19.0 Å². The van der Waals surface area contributed by atoms with Gasteiger partial charge in [0.1, 0.15) is 12.1 Å². The lowest BCUT2D eigenvalue weighted by Gasteiger charge is -2.36. The van der Waals surface area contributed by atoms with Crippen LogP contribution in [0.25, 0.3) is 0 Å². The van der Waals surface area contributed by atoms with E-state index in [1.54, 1.807) is 24.3 Å². The number of imide groups is 1. The van der Waals surface area contributed by atoms with Crippen molar-refractivity contribution in [1.29, 1.82) is 0 Å². The number of hydrogen-bond donors (Lipinski definition) is 3. The third-order valence-corrected chi connectivity index (χ3v) is 5.68. The normalized spacial score (nSPS) is 23.7. The highest BCUT2D eigenvalue weighted by Crippen LogP contribution is 2.38. The zero-order valence-electron chi connectivity index (χ0n) is 16.6. The zero-order valence-corrected chi connectivity index (χ0v) is 16.6. The van der Waals surface area contributed by atoms with Crippen LogP contribution < -0.4 is 16.0 Å². The molecule has 2 aliphatic rings. The Balaban J connectivity index is 1.53. The Bertz CT molecular complexity index is 810. The Hall–Kier alpha value is -3.10. The van der Waals surface area contributed by atoms with E-state index in [4.69, 9.17) is 0 Å². The molecule has 156 valence electrons. The quantitative estimate of drug-likeness (QED) is 0.651. The Kier molecular flexibility index (Phi) is 6.05. The second-order valence-electron chi connectivity index (χ2n) is 7.53. The lowest BCUT2D eigenvalue weighted by molar-refractivity contribution is -0.137. The van der Waals surface area contributed by atoms with E-state index in [-0.39, 0.29) is 24.9 Å². The van der Waals surface area contributed by atoms with Crippen LogP contribution in [0.3, 0.4) is 0 Å². The average molecular weight is 402 g/mol. The molecule has 3 rings (SSSR count). The first-order chi connectivity index (χ1) is 13.9. The molecule has 2 unspecified atom stereocenters. The van der Waals surface area contributed by atoms with Gasteiger partial charge in [-0.2, -0.15) is 0 Å². The van der Waals surface area contributed by atoms with Gasteiger partial charge in [-0.05, 0) is 36.5 Å². The molecule has 29 heavy (non-hydrogen) atoms. The van der Waals surface area contributed by atoms with Crippen LogP contribution in [0.15, 0.2) is 24.3 Å². The van der Waals surface area contributed by atoms with Crippen LogP contribution in [0, 0.1) is 5.92 Å². The van der Waals surface area contributed by atoms with Gasteiger partial charge in [0.05, 0.1) is 7.11 Å². The molecule has 1 aliphatic heterocycles. The van der Waals surface area contributed by atoms with Gasteiger partial charge in [-0.3, -0.25) is 19.8 Å². The van der Waals surface area contributed by atoms with E-state index in [2.05, 4.69) is 20.7 Å². The highest BCUT2D eigenvalue weighted by atomic mass is 16.5. The van der Waals surface area contributed by atoms with Crippen molar-refractivity contribution in [3.8, 4) is 0 Å². The Morgan fingerprint density at radius 1 is 1.24 bits per heavy atom. The number of urea groups is 1. The minimum Gasteiger partial charge on any atom is -0.453 e. The lowest BCUT2D eigenvalue weighted by atomic mass is 9.73. The first-order valence-corrected chi connectivity index (χ1v) is 9.70. The number of hydrogen-bond acceptors (Lipinski definition) is 5. The number of carbonyl (C=O) groups is 4. The summed E-state index contributed by atoms with van der Waals surface area (Å²) >= 11 is 0. The summed E-state index contributed by atoms with van der Waals surface area (Å²) in [6.45, 7) is 1.91. The third kappa shape index (κ3) is 4.33. The van der Waals surface area contributed by atoms with Crippen molar-refractivity contribution in [3.63, 3.8) is 0 Å². The monoisotopic (exact) mass is 402 g/mol. The average Bonchev–Trinajstić information content (AvgIpc) is 2.94. The molecule has 1 saturated heterocycles. The van der Waals surface area contributed by atoms with Crippen LogP contribution in [0.4, 0.5) is 15.3 Å². The fourth-order valence-corrected chi connectivity index (χ4v) is 3.91. The molecule has 9 heteroatoms. The highest BCUT2D eigenvalue weighted by molar-refractivity contribution is 6.09. The van der Waals surface area contributed by atoms with Gasteiger partial charge in [-0.1, -0.05) is 31.9 Å². The minimum absolute atomic E-state index is 0.0536. The molecule has 0 bridgehead atoms. The van der Waals surface area contributed by atoms with Gasteiger partial charge in [0.15, 0.2) is 0 Å². The maximum Gasteiger partial charge on any atom is 0.411 e. The predicted molar refractivity (Wildman–Crippen MR) is 105 cm³/mol. The fraction of sp³-hybridized carbons (Fsp3) is 0.500. The van der Waals surface area contributed by atoms with Gasteiger partial charge < -0.3 is 15.4 Å². The largest absolute Gasteiger partial charge is 0.453 e. The zero-order chi connectivity index (χ0) is 21.0. The molecule has 0 aromatic heterocycles. The fourth-order valence-electron chi connectivity index (χ4n) is 3.91. The standard InChI is InChI=1S/C20H26N4O5/c1-13-5-3-4-10-20(13)17(26)24(18(27)23-20)12-16(25)21-11-14-6-8-15(9-7-14)22-19(28)29-2/h6-9,13H,3-5,10-12H2,1-2H3,(H,21,25)(H,22,28)(H,23,27). The maximum absolute atomic E-state index is 12.9. The van der Waals surface area contributed by atoms with Gasteiger partial charge in [-0.15, -0.1) is 0 Å². The summed E-state index contributed by atoms with van der Waals surface area (Å²) in [5.41, 5.74) is 0.513. The molecule has 1 saturated carbocycles. The van der Waals surface area contributed by atoms with Crippen molar-refractivity contribution in [2.45, 2.75) is 44.7 Å². The van der Waals surface area contributed by atoms with E-state index in [1.165, 1.54) is 7.11 Å². The smallest absolute Gasteiger partial charge is 0.411 e. The summed E-state index contributed by atoms with van der Waals surface area (Å²) in [7, 11) is 1.28. The molecule has 3 N–H and O–H groups in total. The van der Waals surface area contributed by atoms with Crippen molar-refractivity contribution in [1.82, 2.24) is 15.5 Å². The summed E-state index contributed by atoms with van der Waals surface area (Å²) in [6.07, 6.45) is 2.86. The predicted octanol–water partition coefficient (Wildman–Crippen LogP) is 1.98. The number of methoxy groups -OCH3 is 1. The van der Waals surface area contributed by atoms with Crippen molar-refractivity contribution >= 4 is 29.6 Å². The van der Waals surface area contributed by atoms with Crippen LogP contribution in [-0.4, -0.2) is 48.0 Å². The Morgan fingerprint density at radius 3 is 2.62 bits per heavy atom. The molecule has 1 aromatic carbocycles. The summed E-state index contributed by atoms with van der Waals surface area (Å²) in [6, 6.07) is 6.36. The highest BCUT2D eigenvalue weighted by Gasteiger charge is 2.55. The molecule has 0 radical (unpaired) electrons. The number of ether oxygens (including phenoxy) is 1. The number of benzene rings is 1. The molecule has 2 atom stereocenters. The maximum atomic E-state index is 12.9. The molecule has 2 fully saturated rings. The topological polar surface area (TPSA) is 117 Å². The number of anilines is 1. The van der Waals surface area contributed by atoms with Gasteiger partial charge in [-0.25, -0.2) is 9.59 Å². The Labute approximate surface area is 169 Å². The molecule has 1 aliphatic carbocycles. The summed E-state index contributed by atoms with van der Waals surface area (Å²) in [5, 5.41) is 8.09. The number of rotatable bonds is 5. The first-order valence-electron chi connectivity index (χ1n) is 9.70. The number of carbonyl (C=O) groups excluding carboxylic acids is 4. The molecular weight excluding hydrogens is 376 g/mol. The molecule has 9 nitrogen and oxygen atoms in total. The Morgan fingerprint density at radius 2 is 1.97 bits per heavy atom. The SMILES string of the molecule is COC(=O)Nc1ccc(CNC(=O)CN2C(=O)NC3(CCCCC3C)C2=O)cc1. The van der Waals surface area contributed by atoms with E-state index in [1.807, 2.05) is 6.92 Å². The van der Waals surface area contributed by atoms with E-state index >= 15 is 0 Å². The van der Waals surface area contributed by atoms with Crippen LogP contribution in [0.2, 0.25) is 0 Å². The van der Waals surface area contributed by atoms with Crippen LogP contribution in [-0.2, 0) is 20.9 Å². The summed E-state index contributed by atoms with van der Waals surface area (Å²) < 4.78 is 4.52. The molecule has 1 aromatic rings. The van der Waals surface area contributed by atoms with Crippen LogP contribution in [0.1, 0.15) is 38.2 Å². The van der Waals surface area contributed by atoms with E-state index in [0.717, 1.165) is 29.7 Å². The van der Waals surface area contributed by atoms with Gasteiger partial charge in [0.2, 0.25) is 5.91 Å². The van der Waals surface area contributed by atoms with Crippen molar-refractivity contribution in [3.05, 3.63) is 29.8 Å². The second kappa shape index (κ2) is 8.50. The summed E-state index contributed by atoms with van der Waals surface area (Å²) in [4.78, 5) is 49.7. The van der Waals surface area contributed by atoms with Crippen molar-refractivity contribution < 1.29 is 23.9 Å². The minimum atomic E-state index is -0.863. The van der Waals surface area contributed by atoms with E-state index in [0.29, 0.717) is 12.1 Å². The van der Waals surface area contributed by atoms with Crippen LogP contribution >= 0.6 is 0 Å². The third-order valence-electron chi connectivity index (χ3n) is 5.68. The van der Waals surface area contributed by atoms with Gasteiger partial charge in [0, 0.05) is 12.2 Å². The number of amides is 5. The van der Waals surface area contributed by atoms with Crippen LogP contribution in [0.5, 0.6) is 0 Å². The van der Waals surface area contributed by atoms with E-state index < -0.39 is 23.6 Å². The molecular formula is C20H26N4O5. The number of nitrogens with zero attached hydrogens (tertiary/aromatic N) is 1. The van der Waals surface area contributed by atoms with Crippen molar-refractivity contribution in [2.24, 2.45) is 5.92 Å². The van der Waals surface area contributed by atoms with Gasteiger partial charge >= 0.3 is 12.1 Å². The molecule has 1 spiro atoms. The molecule has 1 heterocycles. The second-order valence-corrected chi connectivity index (χ2v) is 7.53. The summed E-state index contributed by atoms with van der Waals surface area (Å²) in [5.74, 6) is -0.660.